The number of para-hydroxylation sites is 1. The van der Waals surface area contributed by atoms with Crippen molar-refractivity contribution in [3.8, 4) is 27.0 Å². The van der Waals surface area contributed by atoms with E-state index in [2.05, 4.69) is 31.2 Å². The van der Waals surface area contributed by atoms with Gasteiger partial charge in [0.1, 0.15) is 16.4 Å². The summed E-state index contributed by atoms with van der Waals surface area (Å²) in [5.41, 5.74) is -1.21. The van der Waals surface area contributed by atoms with Gasteiger partial charge in [0.2, 0.25) is 0 Å². The maximum Gasteiger partial charge on any atom is 0.418 e. The molecule has 0 bridgehead atoms. The molecule has 0 aliphatic carbocycles. The summed E-state index contributed by atoms with van der Waals surface area (Å²) in [5, 5.41) is 31.9. The monoisotopic (exact) mass is 574 g/mol. The Morgan fingerprint density at radius 3 is 2.38 bits per heavy atom. The number of hydrogen-bond acceptors (Lipinski definition) is 8. The summed E-state index contributed by atoms with van der Waals surface area (Å²) in [6.45, 7) is 0. The Kier molecular flexibility index (Phi) is 6.37. The Balaban J connectivity index is 1.91. The summed E-state index contributed by atoms with van der Waals surface area (Å²) in [4.78, 5) is 0.0674. The van der Waals surface area contributed by atoms with Gasteiger partial charge in [0.05, 0.1) is 20.6 Å². The molecule has 8 nitrogen and oxygen atoms in total. The first-order chi connectivity index (χ1) is 15.9. The minimum atomic E-state index is -4.71. The maximum absolute atomic E-state index is 13.7. The van der Waals surface area contributed by atoms with Crippen molar-refractivity contribution in [1.29, 1.82) is 0 Å². The number of rotatable bonds is 5. The summed E-state index contributed by atoms with van der Waals surface area (Å²) in [6, 6.07) is 10.7. The van der Waals surface area contributed by atoms with Crippen molar-refractivity contribution in [2.24, 2.45) is 0 Å². The van der Waals surface area contributed by atoms with Crippen molar-refractivity contribution < 1.29 is 31.8 Å². The lowest BCUT2D eigenvalue weighted by molar-refractivity contribution is -0.137. The van der Waals surface area contributed by atoms with Crippen LogP contribution >= 0.6 is 27.3 Å². The predicted octanol–water partition coefficient (Wildman–Crippen LogP) is 4.23. The first-order valence-electron chi connectivity index (χ1n) is 9.33. The lowest BCUT2D eigenvalue weighted by Crippen LogP contribution is -2.12. The van der Waals surface area contributed by atoms with Crippen molar-refractivity contribution >= 4 is 37.1 Å². The highest BCUT2D eigenvalue weighted by Gasteiger charge is 2.36. The van der Waals surface area contributed by atoms with Crippen LogP contribution in [0.4, 0.5) is 13.2 Å². The minimum absolute atomic E-state index is 0.0165. The van der Waals surface area contributed by atoms with E-state index < -0.39 is 27.9 Å². The van der Waals surface area contributed by atoms with Crippen LogP contribution in [0.25, 0.3) is 27.0 Å². The number of aliphatic hydroxyl groups is 2. The van der Waals surface area contributed by atoms with Crippen LogP contribution in [0, 0.1) is 0 Å². The van der Waals surface area contributed by atoms with Gasteiger partial charge >= 0.3 is 6.18 Å². The van der Waals surface area contributed by atoms with Crippen LogP contribution in [-0.2, 0) is 16.0 Å². The average Bonchev–Trinajstić information content (AvgIpc) is 3.37. The maximum atomic E-state index is 13.7. The molecule has 0 saturated carbocycles. The van der Waals surface area contributed by atoms with Crippen molar-refractivity contribution in [3.63, 3.8) is 0 Å². The summed E-state index contributed by atoms with van der Waals surface area (Å²) in [6.07, 6.45) is -5.72. The quantitative estimate of drug-likeness (QED) is 0.342. The van der Waals surface area contributed by atoms with Crippen molar-refractivity contribution in [3.05, 3.63) is 64.3 Å². The topological polar surface area (TPSA) is 118 Å². The molecule has 0 unspecified atom stereocenters. The molecule has 0 aliphatic heterocycles. The van der Waals surface area contributed by atoms with Gasteiger partial charge in [0, 0.05) is 11.8 Å². The molecule has 0 spiro atoms. The molecular weight excluding hydrogens is 561 g/mol. The number of aromatic nitrogens is 4. The highest BCUT2D eigenvalue weighted by molar-refractivity contribution is 9.10. The Labute approximate surface area is 203 Å². The zero-order valence-electron chi connectivity index (χ0n) is 17.0. The predicted molar refractivity (Wildman–Crippen MR) is 121 cm³/mol. The van der Waals surface area contributed by atoms with Gasteiger partial charge in [-0.2, -0.15) is 18.3 Å². The van der Waals surface area contributed by atoms with Crippen LogP contribution in [0.15, 0.2) is 57.9 Å². The number of alkyl halides is 3. The van der Waals surface area contributed by atoms with E-state index in [0.717, 1.165) is 28.3 Å². The zero-order valence-corrected chi connectivity index (χ0v) is 20.2. The average molecular weight is 575 g/mol. The molecule has 0 aliphatic rings. The van der Waals surface area contributed by atoms with E-state index in [0.29, 0.717) is 10.6 Å². The Morgan fingerprint density at radius 2 is 1.74 bits per heavy atom. The zero-order chi connectivity index (χ0) is 24.8. The summed E-state index contributed by atoms with van der Waals surface area (Å²) in [7, 11) is -3.48. The second kappa shape index (κ2) is 8.85. The molecule has 2 aromatic carbocycles. The lowest BCUT2D eigenvalue weighted by Gasteiger charge is -2.14. The van der Waals surface area contributed by atoms with Crippen LogP contribution in [0.2, 0.25) is 0 Å². The van der Waals surface area contributed by atoms with Crippen molar-refractivity contribution in [1.82, 2.24) is 20.0 Å². The molecule has 178 valence electrons. The highest BCUT2D eigenvalue weighted by Crippen LogP contribution is 2.41. The van der Waals surface area contributed by atoms with Gasteiger partial charge in [-0.3, -0.25) is 0 Å². The van der Waals surface area contributed by atoms with E-state index >= 15 is 0 Å². The molecular formula is C20H14BrF3N4O4S2. The van der Waals surface area contributed by atoms with E-state index in [-0.39, 0.29) is 31.5 Å². The molecule has 34 heavy (non-hydrogen) atoms. The van der Waals surface area contributed by atoms with Crippen LogP contribution in [-0.4, -0.2) is 44.9 Å². The number of hydrogen-bond donors (Lipinski definition) is 2. The van der Waals surface area contributed by atoms with E-state index in [1.165, 1.54) is 36.4 Å². The molecule has 2 N–H and O–H groups in total. The van der Waals surface area contributed by atoms with Gasteiger partial charge in [-0.25, -0.2) is 13.1 Å². The Morgan fingerprint density at radius 1 is 1.06 bits per heavy atom. The number of sulfone groups is 1. The molecule has 14 heteroatoms. The fourth-order valence-electron chi connectivity index (χ4n) is 3.13. The second-order valence-corrected chi connectivity index (χ2v) is 10.8. The van der Waals surface area contributed by atoms with E-state index in [1.54, 1.807) is 6.07 Å². The first kappa shape index (κ1) is 24.5. The number of halogens is 4. The standard InChI is InChI=1S/C20H14BrF3N4O4S2/c1-34(31,32)11-6-4-5-10(9-11)17-25-26-18(33-17)16-14(21)15(19(29)30)27-28(16)13-8-3-2-7-12(13)20(22,23)24/h2-9,19,29-30H,1H3. The molecule has 2 heterocycles. The van der Waals surface area contributed by atoms with Gasteiger partial charge < -0.3 is 10.2 Å². The summed E-state index contributed by atoms with van der Waals surface area (Å²) >= 11 is 4.16. The third-order valence-corrected chi connectivity index (χ3v) is 7.54. The van der Waals surface area contributed by atoms with Crippen molar-refractivity contribution in [2.45, 2.75) is 17.4 Å². The largest absolute Gasteiger partial charge is 0.418 e. The molecule has 2 aromatic heterocycles. The van der Waals surface area contributed by atoms with Gasteiger partial charge in [-0.15, -0.1) is 10.2 Å². The molecule has 0 fully saturated rings. The highest BCUT2D eigenvalue weighted by atomic mass is 79.9. The number of aliphatic hydroxyl groups excluding tert-OH is 1. The number of nitrogens with zero attached hydrogens (tertiary/aromatic N) is 4. The van der Waals surface area contributed by atoms with Crippen LogP contribution in [0.3, 0.4) is 0 Å². The number of benzene rings is 2. The van der Waals surface area contributed by atoms with Crippen LogP contribution in [0.1, 0.15) is 17.5 Å². The van der Waals surface area contributed by atoms with Gasteiger partial charge in [0.15, 0.2) is 21.1 Å². The van der Waals surface area contributed by atoms with Gasteiger partial charge in [-0.05, 0) is 40.2 Å². The van der Waals surface area contributed by atoms with Crippen molar-refractivity contribution in [2.75, 3.05) is 6.26 Å². The third-order valence-electron chi connectivity index (χ3n) is 4.67. The van der Waals surface area contributed by atoms with Crippen LogP contribution in [0.5, 0.6) is 0 Å². The fraction of sp³-hybridized carbons (Fsp3) is 0.150. The minimum Gasteiger partial charge on any atom is -0.363 e. The second-order valence-electron chi connectivity index (χ2n) is 7.06. The van der Waals surface area contributed by atoms with Gasteiger partial charge in [0.25, 0.3) is 0 Å². The Bertz CT molecular complexity index is 1480. The first-order valence-corrected chi connectivity index (χ1v) is 12.8. The summed E-state index contributed by atoms with van der Waals surface area (Å²) in [5.74, 6) is 0. The molecule has 0 radical (unpaired) electrons. The SMILES string of the molecule is CS(=O)(=O)c1cccc(-c2nnc(-c3c(Br)c(C(O)O)nn3-c3ccccc3C(F)(F)F)s2)c1. The smallest absolute Gasteiger partial charge is 0.363 e. The molecule has 0 atom stereocenters. The third kappa shape index (κ3) is 4.63. The van der Waals surface area contributed by atoms with E-state index in [4.69, 9.17) is 0 Å². The Hall–Kier alpha value is -2.65. The van der Waals surface area contributed by atoms with Gasteiger partial charge in [-0.1, -0.05) is 35.6 Å². The molecule has 0 amide bonds. The normalized spacial score (nSPS) is 12.5. The lowest BCUT2D eigenvalue weighted by atomic mass is 10.1. The van der Waals surface area contributed by atoms with E-state index in [1.807, 2.05) is 0 Å². The fourth-order valence-corrected chi connectivity index (χ4v) is 5.45. The van der Waals surface area contributed by atoms with Crippen LogP contribution < -0.4 is 0 Å². The molecule has 4 aromatic rings. The van der Waals surface area contributed by atoms with E-state index in [9.17, 15) is 31.8 Å². The summed E-state index contributed by atoms with van der Waals surface area (Å²) < 4.78 is 65.7. The molecule has 0 saturated heterocycles. The molecule has 4 rings (SSSR count).